The summed E-state index contributed by atoms with van der Waals surface area (Å²) in [5.74, 6) is -0.125. The molecule has 0 aliphatic heterocycles. The topological polar surface area (TPSA) is 37.3 Å². The maximum absolute atomic E-state index is 12.5. The van der Waals surface area contributed by atoms with Crippen LogP contribution in [0.5, 0.6) is 0 Å². The second-order valence-electron chi connectivity index (χ2n) is 8.92. The number of hydrogen-bond acceptors (Lipinski definition) is 1. The number of aliphatic carboxylic acids is 1. The molecule has 2 atom stereocenters. The van der Waals surface area contributed by atoms with E-state index in [-0.39, 0.29) is 0 Å². The fraction of sp³-hybridized carbons (Fsp3) is 0.731. The Morgan fingerprint density at radius 1 is 0.893 bits per heavy atom. The van der Waals surface area contributed by atoms with Crippen LogP contribution >= 0.6 is 0 Å². The molecule has 0 spiro atoms. The van der Waals surface area contributed by atoms with Crippen molar-refractivity contribution in [2.45, 2.75) is 111 Å². The Labute approximate surface area is 174 Å². The summed E-state index contributed by atoms with van der Waals surface area (Å²) in [6, 6.07) is 10.2. The van der Waals surface area contributed by atoms with E-state index in [1.807, 2.05) is 18.2 Å². The predicted molar refractivity (Wildman–Crippen MR) is 121 cm³/mol. The number of benzene rings is 1. The van der Waals surface area contributed by atoms with Gasteiger partial charge in [0, 0.05) is 0 Å². The summed E-state index contributed by atoms with van der Waals surface area (Å²) in [6.07, 6.45) is 15.8. The Bertz CT molecular complexity index is 510. The molecule has 1 N–H and O–H groups in total. The van der Waals surface area contributed by atoms with E-state index in [4.69, 9.17) is 0 Å². The molecule has 0 aliphatic carbocycles. The van der Waals surface area contributed by atoms with E-state index in [1.54, 1.807) is 0 Å². The molecule has 0 saturated heterocycles. The number of hydrogen-bond donors (Lipinski definition) is 1. The molecule has 2 unspecified atom stereocenters. The molecule has 0 saturated carbocycles. The summed E-state index contributed by atoms with van der Waals surface area (Å²) < 4.78 is 0. The summed E-state index contributed by atoms with van der Waals surface area (Å²) in [4.78, 5) is 12.5. The van der Waals surface area contributed by atoms with Gasteiger partial charge in [0.05, 0.1) is 5.41 Å². The molecule has 0 heterocycles. The van der Waals surface area contributed by atoms with Crippen molar-refractivity contribution in [3.63, 3.8) is 0 Å². The second kappa shape index (κ2) is 14.7. The molecule has 0 amide bonds. The van der Waals surface area contributed by atoms with Crippen molar-refractivity contribution in [1.29, 1.82) is 0 Å². The number of unbranched alkanes of at least 4 members (excludes halogenated alkanes) is 8. The third-order valence-corrected chi connectivity index (χ3v) is 6.14. The van der Waals surface area contributed by atoms with Gasteiger partial charge in [0.25, 0.3) is 0 Å². The average molecular weight is 389 g/mol. The van der Waals surface area contributed by atoms with Crippen LogP contribution in [0.3, 0.4) is 0 Å². The van der Waals surface area contributed by atoms with Crippen molar-refractivity contribution in [3.8, 4) is 0 Å². The number of carboxylic acid groups (broad SMARTS) is 1. The highest BCUT2D eigenvalue weighted by Gasteiger charge is 2.39. The first-order valence-corrected chi connectivity index (χ1v) is 11.8. The fourth-order valence-electron chi connectivity index (χ4n) is 4.45. The maximum Gasteiger partial charge on any atom is 0.309 e. The van der Waals surface area contributed by atoms with Crippen LogP contribution in [0.2, 0.25) is 0 Å². The molecule has 2 nitrogen and oxygen atoms in total. The normalized spacial score (nSPS) is 14.5. The third kappa shape index (κ3) is 9.75. The van der Waals surface area contributed by atoms with E-state index < -0.39 is 11.4 Å². The van der Waals surface area contributed by atoms with Crippen LogP contribution in [-0.4, -0.2) is 11.1 Å². The van der Waals surface area contributed by atoms with Crippen LogP contribution in [0.15, 0.2) is 30.3 Å². The quantitative estimate of drug-likeness (QED) is 0.274. The van der Waals surface area contributed by atoms with Crippen LogP contribution in [0, 0.1) is 11.3 Å². The van der Waals surface area contributed by atoms with Crippen LogP contribution in [0.1, 0.15) is 110 Å². The monoisotopic (exact) mass is 388 g/mol. The molecular formula is C26H44O2. The van der Waals surface area contributed by atoms with Crippen molar-refractivity contribution in [1.82, 2.24) is 0 Å². The lowest BCUT2D eigenvalue weighted by Gasteiger charge is -2.32. The molecule has 160 valence electrons. The molecule has 0 aliphatic rings. The summed E-state index contributed by atoms with van der Waals surface area (Å²) >= 11 is 0. The van der Waals surface area contributed by atoms with Crippen LogP contribution in [0.4, 0.5) is 0 Å². The van der Waals surface area contributed by atoms with Gasteiger partial charge in [-0.15, -0.1) is 0 Å². The van der Waals surface area contributed by atoms with Gasteiger partial charge in [-0.1, -0.05) is 122 Å². The molecule has 1 aromatic carbocycles. The van der Waals surface area contributed by atoms with Gasteiger partial charge in [-0.3, -0.25) is 4.79 Å². The van der Waals surface area contributed by atoms with Gasteiger partial charge in [-0.25, -0.2) is 0 Å². The molecule has 0 radical (unpaired) electrons. The summed E-state index contributed by atoms with van der Waals surface area (Å²) in [6.45, 7) is 6.72. The lowest BCUT2D eigenvalue weighted by Crippen LogP contribution is -2.35. The number of carbonyl (C=O) groups is 1. The van der Waals surface area contributed by atoms with Crippen molar-refractivity contribution in [3.05, 3.63) is 35.9 Å². The standard InChI is InChI=1S/C26H44O2/c1-4-6-8-10-11-13-17-23(3)21-26(25(27)28,20-16-9-7-5-2)22-24-18-14-12-15-19-24/h12,14-15,18-19,23H,4-11,13,16-17,20-22H2,1-3H3,(H,27,28). The Morgan fingerprint density at radius 2 is 1.46 bits per heavy atom. The first kappa shape index (κ1) is 24.7. The zero-order chi connectivity index (χ0) is 20.7. The first-order valence-electron chi connectivity index (χ1n) is 11.8. The van der Waals surface area contributed by atoms with Crippen molar-refractivity contribution < 1.29 is 9.90 Å². The van der Waals surface area contributed by atoms with Gasteiger partial charge < -0.3 is 5.11 Å². The molecule has 0 aromatic heterocycles. The highest BCUT2D eigenvalue weighted by Crippen LogP contribution is 2.38. The van der Waals surface area contributed by atoms with Gasteiger partial charge in [-0.05, 0) is 30.7 Å². The number of carboxylic acids is 1. The molecule has 0 bridgehead atoms. The largest absolute Gasteiger partial charge is 0.481 e. The minimum atomic E-state index is -0.614. The highest BCUT2D eigenvalue weighted by molar-refractivity contribution is 5.75. The summed E-state index contributed by atoms with van der Waals surface area (Å²) in [7, 11) is 0. The zero-order valence-electron chi connectivity index (χ0n) is 18.7. The predicted octanol–water partition coefficient (Wildman–Crippen LogP) is 8.05. The van der Waals surface area contributed by atoms with E-state index in [0.717, 1.165) is 37.7 Å². The zero-order valence-corrected chi connectivity index (χ0v) is 18.7. The van der Waals surface area contributed by atoms with E-state index >= 15 is 0 Å². The molecule has 1 rings (SSSR count). The minimum Gasteiger partial charge on any atom is -0.481 e. The van der Waals surface area contributed by atoms with Crippen LogP contribution in [0.25, 0.3) is 0 Å². The van der Waals surface area contributed by atoms with E-state index in [2.05, 4.69) is 32.9 Å². The molecule has 1 aromatic rings. The Balaban J connectivity index is 2.70. The lowest BCUT2D eigenvalue weighted by atomic mass is 9.71. The van der Waals surface area contributed by atoms with Crippen molar-refractivity contribution in [2.24, 2.45) is 11.3 Å². The summed E-state index contributed by atoms with van der Waals surface area (Å²) in [5, 5.41) is 10.3. The maximum atomic E-state index is 12.5. The Morgan fingerprint density at radius 3 is 2.07 bits per heavy atom. The second-order valence-corrected chi connectivity index (χ2v) is 8.92. The Kier molecular flexibility index (Phi) is 12.9. The summed E-state index contributed by atoms with van der Waals surface area (Å²) in [5.41, 5.74) is 0.545. The number of rotatable bonds is 17. The van der Waals surface area contributed by atoms with Gasteiger partial charge in [0.2, 0.25) is 0 Å². The molecule has 2 heteroatoms. The smallest absolute Gasteiger partial charge is 0.309 e. The van der Waals surface area contributed by atoms with Gasteiger partial charge in [0.1, 0.15) is 0 Å². The first-order chi connectivity index (χ1) is 13.5. The minimum absolute atomic E-state index is 0.470. The van der Waals surface area contributed by atoms with Crippen molar-refractivity contribution in [2.75, 3.05) is 0 Å². The van der Waals surface area contributed by atoms with Gasteiger partial charge in [0.15, 0.2) is 0 Å². The molecular weight excluding hydrogens is 344 g/mol. The molecule has 0 fully saturated rings. The van der Waals surface area contributed by atoms with E-state index in [1.165, 1.54) is 51.4 Å². The lowest BCUT2D eigenvalue weighted by molar-refractivity contribution is -0.150. The van der Waals surface area contributed by atoms with Crippen molar-refractivity contribution >= 4 is 5.97 Å². The van der Waals surface area contributed by atoms with Gasteiger partial charge >= 0.3 is 5.97 Å². The van der Waals surface area contributed by atoms with E-state index in [0.29, 0.717) is 12.3 Å². The SMILES string of the molecule is CCCCCCCCC(C)CC(CCCCCC)(Cc1ccccc1)C(=O)O. The van der Waals surface area contributed by atoms with Gasteiger partial charge in [-0.2, -0.15) is 0 Å². The van der Waals surface area contributed by atoms with E-state index in [9.17, 15) is 9.90 Å². The fourth-order valence-corrected chi connectivity index (χ4v) is 4.45. The molecule has 28 heavy (non-hydrogen) atoms. The highest BCUT2D eigenvalue weighted by atomic mass is 16.4. The Hall–Kier alpha value is -1.31. The van der Waals surface area contributed by atoms with Crippen LogP contribution in [-0.2, 0) is 11.2 Å². The average Bonchev–Trinajstić information content (AvgIpc) is 2.68. The third-order valence-electron chi connectivity index (χ3n) is 6.14. The van der Waals surface area contributed by atoms with Crippen LogP contribution < -0.4 is 0 Å².